The van der Waals surface area contributed by atoms with Crippen LogP contribution < -0.4 is 59.1 Å². The summed E-state index contributed by atoms with van der Waals surface area (Å²) in [7, 11) is 0. The van der Waals surface area contributed by atoms with Crippen molar-refractivity contribution in [1.29, 1.82) is 0 Å². The van der Waals surface area contributed by atoms with Crippen molar-refractivity contribution in [2.75, 3.05) is 0 Å². The Labute approximate surface area is 91.6 Å². The molecule has 7 heavy (non-hydrogen) atoms. The third-order valence-electron chi connectivity index (χ3n) is 0. The third-order valence-corrected chi connectivity index (χ3v) is 0. The first-order valence-electron chi connectivity index (χ1n) is 0.655. The average molecular weight is 152 g/mol. The van der Waals surface area contributed by atoms with Crippen molar-refractivity contribution in [3.8, 4) is 0 Å². The van der Waals surface area contributed by atoms with Crippen molar-refractivity contribution in [2.24, 2.45) is 0 Å². The summed E-state index contributed by atoms with van der Waals surface area (Å²) in [4.78, 5) is 0. The second-order valence-corrected chi connectivity index (χ2v) is 0.742. The van der Waals surface area contributed by atoms with Gasteiger partial charge in [-0.15, -0.1) is 0 Å². The standard InChI is InChI=1S/Al.4FH.2Na.2H/h;4*1H;;;;/q+3;;;;;2*+1;2*-1/p-3. The van der Waals surface area contributed by atoms with Gasteiger partial charge in [-0.3, -0.25) is 4.70 Å². The van der Waals surface area contributed by atoms with Gasteiger partial charge in [-0.1, -0.05) is 0 Å². The molecule has 0 aliphatic rings. The van der Waals surface area contributed by atoms with Crippen LogP contribution in [0.15, 0.2) is 0 Å². The van der Waals surface area contributed by atoms with Crippen LogP contribution in [0.1, 0.15) is 2.85 Å². The first-order valence-corrected chi connectivity index (χ1v) is 1.96. The summed E-state index contributed by atoms with van der Waals surface area (Å²) in [5, 5.41) is 0. The number of halogens is 4. The molecular formula is H3AlF4Na2. The predicted molar refractivity (Wildman–Crippen MR) is 13.8 cm³/mol. The van der Waals surface area contributed by atoms with Crippen LogP contribution >= 0.6 is 0 Å². The van der Waals surface area contributed by atoms with E-state index in [-0.39, 0.29) is 66.7 Å². The van der Waals surface area contributed by atoms with Crippen molar-refractivity contribution in [2.45, 2.75) is 0 Å². The molecule has 0 spiro atoms. The molecule has 0 bridgehead atoms. The summed E-state index contributed by atoms with van der Waals surface area (Å²) < 4.78 is 29.4. The summed E-state index contributed by atoms with van der Waals surface area (Å²) in [6.07, 6.45) is 0. The Hall–Kier alpha value is 2.25. The number of hydrogen-bond donors (Lipinski definition) is 0. The predicted octanol–water partition coefficient (Wildman–Crippen LogP) is -4.73. The average Bonchev–Trinajstić information content (AvgIpc) is 0.811. The normalized spacial score (nSPS) is 3.86. The van der Waals surface area contributed by atoms with E-state index in [4.69, 9.17) is 0 Å². The fraction of sp³-hybridized carbons (Fsp3) is 0. The van der Waals surface area contributed by atoms with Crippen LogP contribution in [-0.2, 0) is 0 Å². The second kappa shape index (κ2) is 15.7. The summed E-state index contributed by atoms with van der Waals surface area (Å²) in [6.45, 7) is 0. The van der Waals surface area contributed by atoms with Crippen molar-refractivity contribution >= 4 is 15.5 Å². The van der Waals surface area contributed by atoms with Crippen LogP contribution in [0.5, 0.6) is 0 Å². The molecular weight excluding hydrogens is 149 g/mol. The van der Waals surface area contributed by atoms with Crippen LogP contribution in [0.3, 0.4) is 0 Å². The van der Waals surface area contributed by atoms with E-state index in [1.54, 1.807) is 0 Å². The maximum Gasteiger partial charge on any atom is 1.04 e. The van der Waals surface area contributed by atoms with E-state index in [9.17, 15) is 10.6 Å². The summed E-state index contributed by atoms with van der Waals surface area (Å²) >= 11 is -4.64. The minimum atomic E-state index is -4.64. The Morgan fingerprint density at radius 2 is 1.00 bits per heavy atom. The Morgan fingerprint density at radius 1 is 1.00 bits per heavy atom. The topological polar surface area (TPSA) is 0 Å². The van der Waals surface area contributed by atoms with Gasteiger partial charge in [0.25, 0.3) is 0 Å². The monoisotopic (exact) mass is 152 g/mol. The SMILES string of the molecule is F.[F][Al]([F])[F].[H-].[H-].[Na+].[Na+]. The van der Waals surface area contributed by atoms with Gasteiger partial charge in [0.2, 0.25) is 0 Å². The van der Waals surface area contributed by atoms with Gasteiger partial charge in [-0.25, -0.2) is 0 Å². The first-order chi connectivity index (χ1) is 1.73. The molecule has 0 amide bonds. The Morgan fingerprint density at radius 3 is 1.00 bits per heavy atom. The fourth-order valence-corrected chi connectivity index (χ4v) is 0. The molecule has 0 aliphatic heterocycles. The van der Waals surface area contributed by atoms with Crippen molar-refractivity contribution < 1.29 is 77.2 Å². The summed E-state index contributed by atoms with van der Waals surface area (Å²) in [5.41, 5.74) is 0. The van der Waals surface area contributed by atoms with Gasteiger partial charge >= 0.3 is 74.6 Å². The van der Waals surface area contributed by atoms with Crippen LogP contribution in [0.2, 0.25) is 0 Å². The van der Waals surface area contributed by atoms with E-state index in [0.717, 1.165) is 0 Å². The van der Waals surface area contributed by atoms with Gasteiger partial charge in [0.05, 0.1) is 0 Å². The molecule has 36 valence electrons. The third kappa shape index (κ3) is 63.6. The zero-order chi connectivity index (χ0) is 3.58. The fourth-order valence-electron chi connectivity index (χ4n) is 0. The minimum Gasteiger partial charge on any atom is -1.00 e. The van der Waals surface area contributed by atoms with E-state index < -0.39 is 15.5 Å². The van der Waals surface area contributed by atoms with E-state index in [2.05, 4.69) is 0 Å². The summed E-state index contributed by atoms with van der Waals surface area (Å²) in [5.74, 6) is 0. The van der Waals surface area contributed by atoms with Crippen LogP contribution in [-0.4, -0.2) is 15.5 Å². The largest absolute Gasteiger partial charge is 1.04 e. The molecule has 0 unspecified atom stereocenters. The maximum absolute atomic E-state index is 9.81. The smallest absolute Gasteiger partial charge is 1.00 e. The second-order valence-electron chi connectivity index (χ2n) is 0.247. The first kappa shape index (κ1) is 22.8. The minimum absolute atomic E-state index is 0. The molecule has 0 heterocycles. The molecule has 0 atom stereocenters. The quantitative estimate of drug-likeness (QED) is 0.241. The van der Waals surface area contributed by atoms with Gasteiger partial charge in [-0.2, -0.15) is 0 Å². The van der Waals surface area contributed by atoms with Gasteiger partial charge in [-0.05, 0) is 0 Å². The Balaban J connectivity index is -0.00000000450. The van der Waals surface area contributed by atoms with Gasteiger partial charge < -0.3 is 13.4 Å². The Kier molecular flexibility index (Phi) is 51.3. The summed E-state index contributed by atoms with van der Waals surface area (Å²) in [6, 6.07) is 0. The van der Waals surface area contributed by atoms with E-state index in [0.29, 0.717) is 0 Å². The van der Waals surface area contributed by atoms with Gasteiger partial charge in [0.1, 0.15) is 0 Å². The molecule has 0 saturated heterocycles. The zero-order valence-corrected chi connectivity index (χ0v) is 9.27. The molecule has 0 N–H and O–H groups in total. The van der Waals surface area contributed by atoms with E-state index in [1.807, 2.05) is 0 Å². The van der Waals surface area contributed by atoms with Crippen LogP contribution in [0, 0.1) is 0 Å². The number of rotatable bonds is 0. The molecule has 0 saturated carbocycles. The molecule has 0 aliphatic carbocycles. The molecule has 7 heteroatoms. The van der Waals surface area contributed by atoms with Crippen LogP contribution in [0.25, 0.3) is 0 Å². The molecule has 0 aromatic carbocycles. The van der Waals surface area contributed by atoms with Gasteiger partial charge in [0.15, 0.2) is 0 Å². The molecule has 0 aromatic heterocycles. The van der Waals surface area contributed by atoms with Gasteiger partial charge in [0, 0.05) is 0 Å². The molecule has 0 nitrogen and oxygen atoms in total. The molecule has 0 radical (unpaired) electrons. The zero-order valence-electron chi connectivity index (χ0n) is 6.12. The van der Waals surface area contributed by atoms with Crippen molar-refractivity contribution in [3.63, 3.8) is 0 Å². The molecule has 0 aromatic rings. The molecule has 0 rings (SSSR count). The van der Waals surface area contributed by atoms with Crippen molar-refractivity contribution in [1.82, 2.24) is 0 Å². The molecule has 0 fully saturated rings. The van der Waals surface area contributed by atoms with Crippen molar-refractivity contribution in [3.05, 3.63) is 0 Å². The van der Waals surface area contributed by atoms with E-state index in [1.165, 1.54) is 0 Å². The maximum atomic E-state index is 9.81. The Bertz CT molecular complexity index is 21.3. The van der Waals surface area contributed by atoms with Crippen LogP contribution in [0.4, 0.5) is 15.3 Å². The number of hydrogen-bond acceptors (Lipinski definition) is 0. The van der Waals surface area contributed by atoms with E-state index >= 15 is 0 Å².